The van der Waals surface area contributed by atoms with Gasteiger partial charge in [0.1, 0.15) is 5.82 Å². The Morgan fingerprint density at radius 2 is 2.05 bits per heavy atom. The molecule has 0 saturated carbocycles. The normalized spacial score (nSPS) is 16.0. The Balaban J connectivity index is 0.00000220. The molecule has 118 valence electrons. The molecule has 5 heteroatoms. The summed E-state index contributed by atoms with van der Waals surface area (Å²) in [6, 6.07) is 6.58. The van der Waals surface area contributed by atoms with Crippen LogP contribution in [0.1, 0.15) is 26.3 Å². The minimum Gasteiger partial charge on any atom is -0.336 e. The number of rotatable bonds is 5. The molecule has 3 nitrogen and oxygen atoms in total. The maximum absolute atomic E-state index is 13.3. The van der Waals surface area contributed by atoms with Crippen molar-refractivity contribution in [3.05, 3.63) is 35.6 Å². The van der Waals surface area contributed by atoms with Crippen LogP contribution in [0, 0.1) is 17.7 Å². The summed E-state index contributed by atoms with van der Waals surface area (Å²) in [6.45, 7) is 8.30. The summed E-state index contributed by atoms with van der Waals surface area (Å²) in [7, 11) is 0. The minimum absolute atomic E-state index is 0. The van der Waals surface area contributed by atoms with E-state index in [1.165, 1.54) is 12.1 Å². The second kappa shape index (κ2) is 7.76. The van der Waals surface area contributed by atoms with Gasteiger partial charge in [0, 0.05) is 18.5 Å². The van der Waals surface area contributed by atoms with Gasteiger partial charge in [-0.1, -0.05) is 19.1 Å². The van der Waals surface area contributed by atoms with Crippen LogP contribution in [0.3, 0.4) is 0 Å². The molecule has 1 aromatic rings. The molecule has 1 saturated heterocycles. The summed E-state index contributed by atoms with van der Waals surface area (Å²) < 4.78 is 13.3. The van der Waals surface area contributed by atoms with E-state index in [-0.39, 0.29) is 36.1 Å². The number of halogens is 2. The van der Waals surface area contributed by atoms with Crippen LogP contribution >= 0.6 is 12.4 Å². The van der Waals surface area contributed by atoms with Crippen molar-refractivity contribution in [2.45, 2.75) is 33.4 Å². The van der Waals surface area contributed by atoms with Crippen molar-refractivity contribution in [3.63, 3.8) is 0 Å². The summed E-state index contributed by atoms with van der Waals surface area (Å²) in [4.78, 5) is 14.5. The fraction of sp³-hybridized carbons (Fsp3) is 0.562. The Hall–Kier alpha value is -1.13. The van der Waals surface area contributed by atoms with Gasteiger partial charge in [-0.05, 0) is 50.6 Å². The zero-order chi connectivity index (χ0) is 14.7. The fourth-order valence-electron chi connectivity index (χ4n) is 2.47. The van der Waals surface area contributed by atoms with E-state index in [1.807, 2.05) is 31.7 Å². The highest BCUT2D eigenvalue weighted by atomic mass is 35.5. The molecule has 1 N–H and O–H groups in total. The lowest BCUT2D eigenvalue weighted by Crippen LogP contribution is -2.51. The van der Waals surface area contributed by atoms with E-state index in [2.05, 4.69) is 5.32 Å². The van der Waals surface area contributed by atoms with E-state index in [0.29, 0.717) is 12.5 Å². The fourth-order valence-corrected chi connectivity index (χ4v) is 2.47. The van der Waals surface area contributed by atoms with E-state index in [4.69, 9.17) is 0 Å². The number of carbonyl (C=O) groups excluding carboxylic acids is 1. The molecule has 0 aliphatic carbocycles. The molecule has 2 rings (SSSR count). The molecule has 1 heterocycles. The molecular formula is C16H24ClFN2O. The van der Waals surface area contributed by atoms with Crippen LogP contribution in [0.15, 0.2) is 24.3 Å². The van der Waals surface area contributed by atoms with E-state index in [1.54, 1.807) is 6.07 Å². The average Bonchev–Trinajstić information content (AvgIpc) is 2.32. The van der Waals surface area contributed by atoms with Crippen molar-refractivity contribution >= 4 is 18.3 Å². The van der Waals surface area contributed by atoms with E-state index in [0.717, 1.165) is 18.7 Å². The van der Waals surface area contributed by atoms with Gasteiger partial charge in [0.15, 0.2) is 0 Å². The van der Waals surface area contributed by atoms with Crippen molar-refractivity contribution in [2.75, 3.05) is 13.1 Å². The molecule has 21 heavy (non-hydrogen) atoms. The van der Waals surface area contributed by atoms with Crippen molar-refractivity contribution in [1.29, 1.82) is 0 Å². The Bertz CT molecular complexity index is 477. The largest absolute Gasteiger partial charge is 0.336 e. The molecular weight excluding hydrogens is 291 g/mol. The average molecular weight is 315 g/mol. The molecule has 0 bridgehead atoms. The van der Waals surface area contributed by atoms with Gasteiger partial charge in [0.25, 0.3) is 0 Å². The Morgan fingerprint density at radius 3 is 2.52 bits per heavy atom. The number of nitrogens with zero attached hydrogens (tertiary/aromatic N) is 1. The van der Waals surface area contributed by atoms with Gasteiger partial charge in [-0.25, -0.2) is 4.39 Å². The monoisotopic (exact) mass is 314 g/mol. The predicted octanol–water partition coefficient (Wildman–Crippen LogP) is 2.84. The van der Waals surface area contributed by atoms with Crippen molar-refractivity contribution in [2.24, 2.45) is 11.8 Å². The molecule has 1 aliphatic heterocycles. The number of nitrogens with one attached hydrogen (secondary N) is 1. The number of hydrogen-bond acceptors (Lipinski definition) is 2. The summed E-state index contributed by atoms with van der Waals surface area (Å²) in [5, 5.41) is 3.20. The minimum atomic E-state index is -0.255. The van der Waals surface area contributed by atoms with Gasteiger partial charge >= 0.3 is 0 Å². The first-order chi connectivity index (χ1) is 9.49. The van der Waals surface area contributed by atoms with Crippen molar-refractivity contribution < 1.29 is 9.18 Å². The van der Waals surface area contributed by atoms with Crippen LogP contribution in [-0.2, 0) is 11.3 Å². The van der Waals surface area contributed by atoms with Crippen LogP contribution in [0.4, 0.5) is 4.39 Å². The highest BCUT2D eigenvalue weighted by molar-refractivity contribution is 5.85. The predicted molar refractivity (Wildman–Crippen MR) is 84.9 cm³/mol. The summed E-state index contributed by atoms with van der Waals surface area (Å²) in [5.74, 6) is 0.356. The zero-order valence-corrected chi connectivity index (χ0v) is 13.6. The first kappa shape index (κ1) is 17.9. The van der Waals surface area contributed by atoms with E-state index in [9.17, 15) is 9.18 Å². The van der Waals surface area contributed by atoms with Crippen LogP contribution in [0.2, 0.25) is 0 Å². The molecule has 0 aromatic heterocycles. The molecule has 1 atom stereocenters. The second-order valence-corrected chi connectivity index (χ2v) is 5.90. The lowest BCUT2D eigenvalue weighted by Gasteiger charge is -2.36. The number of amides is 1. The smallest absolute Gasteiger partial charge is 0.226 e. The van der Waals surface area contributed by atoms with Crippen LogP contribution in [0.25, 0.3) is 0 Å². The maximum atomic E-state index is 13.3. The van der Waals surface area contributed by atoms with Gasteiger partial charge in [-0.2, -0.15) is 0 Å². The number of benzene rings is 1. The highest BCUT2D eigenvalue weighted by Gasteiger charge is 2.32. The first-order valence-electron chi connectivity index (χ1n) is 7.24. The SMILES string of the molecule is CC(C(=O)N(Cc1cccc(F)c1)C(C)C)C1CNC1.Cl. The summed E-state index contributed by atoms with van der Waals surface area (Å²) in [6.07, 6.45) is 0. The van der Waals surface area contributed by atoms with Crippen molar-refractivity contribution in [3.8, 4) is 0 Å². The van der Waals surface area contributed by atoms with Crippen molar-refractivity contribution in [1.82, 2.24) is 10.2 Å². The zero-order valence-electron chi connectivity index (χ0n) is 12.8. The molecule has 1 aromatic carbocycles. The lowest BCUT2D eigenvalue weighted by atomic mass is 9.87. The third-order valence-electron chi connectivity index (χ3n) is 4.06. The van der Waals surface area contributed by atoms with Crippen LogP contribution in [0.5, 0.6) is 0 Å². The van der Waals surface area contributed by atoms with Crippen LogP contribution in [-0.4, -0.2) is 29.9 Å². The van der Waals surface area contributed by atoms with E-state index >= 15 is 0 Å². The Morgan fingerprint density at radius 1 is 1.38 bits per heavy atom. The summed E-state index contributed by atoms with van der Waals surface area (Å²) in [5.41, 5.74) is 0.839. The lowest BCUT2D eigenvalue weighted by molar-refractivity contribution is -0.139. The molecule has 0 radical (unpaired) electrons. The number of carbonyl (C=O) groups is 1. The number of hydrogen-bond donors (Lipinski definition) is 1. The second-order valence-electron chi connectivity index (χ2n) is 5.90. The molecule has 1 unspecified atom stereocenters. The Kier molecular flexibility index (Phi) is 6.62. The topological polar surface area (TPSA) is 32.3 Å². The molecule has 1 amide bonds. The van der Waals surface area contributed by atoms with Gasteiger partial charge in [0.2, 0.25) is 5.91 Å². The molecule has 1 fully saturated rings. The summed E-state index contributed by atoms with van der Waals surface area (Å²) >= 11 is 0. The van der Waals surface area contributed by atoms with Gasteiger partial charge in [-0.3, -0.25) is 4.79 Å². The third kappa shape index (κ3) is 4.42. The maximum Gasteiger partial charge on any atom is 0.226 e. The van der Waals surface area contributed by atoms with Gasteiger partial charge in [0.05, 0.1) is 0 Å². The van der Waals surface area contributed by atoms with Gasteiger partial charge in [-0.15, -0.1) is 12.4 Å². The molecule has 1 aliphatic rings. The quantitative estimate of drug-likeness (QED) is 0.906. The van der Waals surface area contributed by atoms with Crippen LogP contribution < -0.4 is 5.32 Å². The third-order valence-corrected chi connectivity index (χ3v) is 4.06. The van der Waals surface area contributed by atoms with E-state index < -0.39 is 0 Å². The molecule has 0 spiro atoms. The highest BCUT2D eigenvalue weighted by Crippen LogP contribution is 2.21. The standard InChI is InChI=1S/C16H23FN2O.ClH/c1-11(2)19(10-13-5-4-6-15(17)7-13)16(20)12(3)14-8-18-9-14;/h4-7,11-12,14,18H,8-10H2,1-3H3;1H. The Labute approximate surface area is 132 Å². The van der Waals surface area contributed by atoms with Gasteiger partial charge < -0.3 is 10.2 Å². The first-order valence-corrected chi connectivity index (χ1v) is 7.24.